The van der Waals surface area contributed by atoms with Crippen LogP contribution in [0.4, 0.5) is 0 Å². The molecule has 0 unspecified atom stereocenters. The van der Waals surface area contributed by atoms with Gasteiger partial charge in [0.05, 0.1) is 0 Å². The van der Waals surface area contributed by atoms with E-state index in [4.69, 9.17) is 0 Å². The maximum absolute atomic E-state index is 10.7. The molecule has 0 fully saturated rings. The average molecular weight is 192 g/mol. The van der Waals surface area contributed by atoms with Crippen LogP contribution in [0.25, 0.3) is 0 Å². The van der Waals surface area contributed by atoms with Gasteiger partial charge in [-0.05, 0) is 6.92 Å². The summed E-state index contributed by atoms with van der Waals surface area (Å²) in [5.74, 6) is -1.13. The molecule has 0 N–H and O–H groups in total. The molecular formula is C9H13NaO3. The monoisotopic (exact) mass is 192 g/mol. The summed E-state index contributed by atoms with van der Waals surface area (Å²) >= 11 is 0. The van der Waals surface area contributed by atoms with Crippen molar-refractivity contribution in [2.75, 3.05) is 0 Å². The van der Waals surface area contributed by atoms with Crippen molar-refractivity contribution in [3.05, 3.63) is 24.3 Å². The van der Waals surface area contributed by atoms with E-state index < -0.39 is 11.9 Å². The van der Waals surface area contributed by atoms with Gasteiger partial charge in [-0.2, -0.15) is 0 Å². The Kier molecular flexibility index (Phi) is 11.3. The van der Waals surface area contributed by atoms with E-state index in [2.05, 4.69) is 4.74 Å². The standard InChI is InChI=1S/C9H12O3.Na.H/c1-3-5-6-7-9(11)12-8(10)4-2;;/h3,5-7H,4H2,1-2H3;;/b5-3+,7-6+;;. The first-order chi connectivity index (χ1) is 5.70. The van der Waals surface area contributed by atoms with Crippen molar-refractivity contribution in [2.45, 2.75) is 20.3 Å². The molecule has 0 bridgehead atoms. The summed E-state index contributed by atoms with van der Waals surface area (Å²) in [7, 11) is 0. The molecule has 0 amide bonds. The Bertz CT molecular complexity index is 219. The fraction of sp³-hybridized carbons (Fsp3) is 0.333. The van der Waals surface area contributed by atoms with Crippen molar-refractivity contribution in [3.8, 4) is 0 Å². The Balaban J connectivity index is 0. The third-order valence-electron chi connectivity index (χ3n) is 1.04. The van der Waals surface area contributed by atoms with Crippen LogP contribution in [0.15, 0.2) is 24.3 Å². The molecule has 0 aliphatic carbocycles. The van der Waals surface area contributed by atoms with Gasteiger partial charge >= 0.3 is 41.5 Å². The minimum atomic E-state index is -0.625. The van der Waals surface area contributed by atoms with Gasteiger partial charge in [0.25, 0.3) is 0 Å². The van der Waals surface area contributed by atoms with Crippen molar-refractivity contribution in [3.63, 3.8) is 0 Å². The van der Waals surface area contributed by atoms with E-state index in [1.165, 1.54) is 12.2 Å². The fourth-order valence-corrected chi connectivity index (χ4v) is 0.464. The van der Waals surface area contributed by atoms with Gasteiger partial charge in [-0.25, -0.2) is 4.79 Å². The van der Waals surface area contributed by atoms with E-state index in [0.29, 0.717) is 0 Å². The summed E-state index contributed by atoms with van der Waals surface area (Å²) in [4.78, 5) is 21.3. The van der Waals surface area contributed by atoms with Crippen molar-refractivity contribution in [1.29, 1.82) is 0 Å². The number of hydrogen-bond acceptors (Lipinski definition) is 3. The van der Waals surface area contributed by atoms with Gasteiger partial charge < -0.3 is 4.74 Å². The van der Waals surface area contributed by atoms with Crippen LogP contribution < -0.4 is 0 Å². The predicted molar refractivity (Wildman–Crippen MR) is 52.5 cm³/mol. The second-order valence-electron chi connectivity index (χ2n) is 2.03. The van der Waals surface area contributed by atoms with E-state index in [-0.39, 0.29) is 36.0 Å². The summed E-state index contributed by atoms with van der Waals surface area (Å²) in [6, 6.07) is 0. The molecule has 0 aromatic heterocycles. The normalized spacial score (nSPS) is 10.0. The summed E-state index contributed by atoms with van der Waals surface area (Å²) in [5.41, 5.74) is 0. The van der Waals surface area contributed by atoms with Gasteiger partial charge in [-0.15, -0.1) is 0 Å². The third kappa shape index (κ3) is 9.53. The summed E-state index contributed by atoms with van der Waals surface area (Å²) in [6.07, 6.45) is 6.38. The number of esters is 2. The quantitative estimate of drug-likeness (QED) is 0.220. The molecule has 0 aliphatic rings. The predicted octanol–water partition coefficient (Wildman–Crippen LogP) is 0.950. The number of ether oxygens (including phenoxy) is 1. The van der Waals surface area contributed by atoms with Crippen LogP contribution in [0.1, 0.15) is 20.3 Å². The van der Waals surface area contributed by atoms with E-state index in [0.717, 1.165) is 0 Å². The van der Waals surface area contributed by atoms with Crippen molar-refractivity contribution < 1.29 is 14.3 Å². The first kappa shape index (κ1) is 15.1. The van der Waals surface area contributed by atoms with Gasteiger partial charge in [-0.3, -0.25) is 4.79 Å². The van der Waals surface area contributed by atoms with Crippen molar-refractivity contribution in [1.82, 2.24) is 0 Å². The van der Waals surface area contributed by atoms with Gasteiger partial charge in [0.2, 0.25) is 0 Å². The van der Waals surface area contributed by atoms with Crippen LogP contribution in [-0.2, 0) is 14.3 Å². The molecule has 0 saturated heterocycles. The van der Waals surface area contributed by atoms with E-state index in [1.54, 1.807) is 19.1 Å². The third-order valence-corrected chi connectivity index (χ3v) is 1.04. The SMILES string of the molecule is C/C=C/C=C/C(=O)OC(=O)CC.[NaH]. The van der Waals surface area contributed by atoms with Gasteiger partial charge in [0.15, 0.2) is 0 Å². The Labute approximate surface area is 100 Å². The van der Waals surface area contributed by atoms with Crippen LogP contribution in [-0.4, -0.2) is 41.5 Å². The first-order valence-electron chi connectivity index (χ1n) is 3.74. The molecule has 0 heterocycles. The van der Waals surface area contributed by atoms with Crippen LogP contribution in [0.2, 0.25) is 0 Å². The van der Waals surface area contributed by atoms with E-state index in [1.807, 2.05) is 6.92 Å². The van der Waals surface area contributed by atoms with Gasteiger partial charge in [-0.1, -0.05) is 25.2 Å². The Hall–Kier alpha value is -0.380. The molecule has 4 heteroatoms. The zero-order valence-corrected chi connectivity index (χ0v) is 7.24. The molecule has 0 rings (SSSR count). The van der Waals surface area contributed by atoms with E-state index in [9.17, 15) is 9.59 Å². The second-order valence-corrected chi connectivity index (χ2v) is 2.03. The van der Waals surface area contributed by atoms with Crippen LogP contribution in [0.5, 0.6) is 0 Å². The molecule has 68 valence electrons. The molecule has 0 spiro atoms. The Morgan fingerprint density at radius 1 is 1.31 bits per heavy atom. The van der Waals surface area contributed by atoms with Gasteiger partial charge in [0, 0.05) is 12.5 Å². The number of carbonyl (C=O) groups excluding carboxylic acids is 2. The molecule has 0 atom stereocenters. The number of hydrogen-bond donors (Lipinski definition) is 0. The maximum atomic E-state index is 10.7. The molecule has 0 aromatic rings. The zero-order valence-electron chi connectivity index (χ0n) is 7.24. The molecule has 13 heavy (non-hydrogen) atoms. The first-order valence-corrected chi connectivity index (χ1v) is 3.74. The summed E-state index contributed by atoms with van der Waals surface area (Å²) in [5, 5.41) is 0. The molecule has 0 radical (unpaired) electrons. The summed E-state index contributed by atoms with van der Waals surface area (Å²) < 4.78 is 4.35. The Morgan fingerprint density at radius 2 is 1.92 bits per heavy atom. The Morgan fingerprint density at radius 3 is 2.38 bits per heavy atom. The number of carbonyl (C=O) groups is 2. The van der Waals surface area contributed by atoms with Crippen molar-refractivity contribution >= 4 is 41.5 Å². The second kappa shape index (κ2) is 9.71. The molecule has 3 nitrogen and oxygen atoms in total. The molecule has 0 saturated carbocycles. The number of rotatable bonds is 3. The number of allylic oxidation sites excluding steroid dienone is 3. The minimum absolute atomic E-state index is 0. The van der Waals surface area contributed by atoms with Gasteiger partial charge in [0.1, 0.15) is 0 Å². The zero-order chi connectivity index (χ0) is 9.40. The van der Waals surface area contributed by atoms with Crippen LogP contribution in [0, 0.1) is 0 Å². The molecular weight excluding hydrogens is 179 g/mol. The molecule has 0 aromatic carbocycles. The fourth-order valence-electron chi connectivity index (χ4n) is 0.464. The van der Waals surface area contributed by atoms with Crippen molar-refractivity contribution in [2.24, 2.45) is 0 Å². The van der Waals surface area contributed by atoms with Crippen LogP contribution >= 0.6 is 0 Å². The topological polar surface area (TPSA) is 43.4 Å². The average Bonchev–Trinajstić information content (AvgIpc) is 2.05. The van der Waals surface area contributed by atoms with E-state index >= 15 is 0 Å². The van der Waals surface area contributed by atoms with Crippen LogP contribution in [0.3, 0.4) is 0 Å². The summed E-state index contributed by atoms with van der Waals surface area (Å²) in [6.45, 7) is 3.46. The molecule has 0 aliphatic heterocycles.